The molecule has 0 saturated carbocycles. The maximum absolute atomic E-state index is 9.54. The van der Waals surface area contributed by atoms with Crippen molar-refractivity contribution in [2.75, 3.05) is 0 Å². The Hall–Kier alpha value is -2.36. The molecule has 1 aromatic heterocycles. The van der Waals surface area contributed by atoms with Crippen molar-refractivity contribution >= 4 is 10.8 Å². The van der Waals surface area contributed by atoms with E-state index in [1.807, 2.05) is 12.3 Å². The van der Waals surface area contributed by atoms with Gasteiger partial charge in [-0.05, 0) is 71.2 Å². The number of hydrogen-bond donors (Lipinski definition) is 2. The fourth-order valence-corrected chi connectivity index (χ4v) is 5.30. The summed E-state index contributed by atoms with van der Waals surface area (Å²) in [7, 11) is 0. The molecule has 1 radical (unpaired) electrons. The number of nitrogens with zero attached hydrogens (tertiary/aromatic N) is 1. The van der Waals surface area contributed by atoms with Gasteiger partial charge >= 0.3 is 0 Å². The van der Waals surface area contributed by atoms with Crippen molar-refractivity contribution in [2.45, 2.75) is 72.0 Å². The fourth-order valence-electron chi connectivity index (χ4n) is 5.30. The molecule has 0 aliphatic heterocycles. The SMILES string of the molecule is CC(C)CC(O)CC(O)CC(C)C.[Ir].[c-]1cccc2c1-c1ncc3ccc(-c4ccccc4)cc3c1CC2. The van der Waals surface area contributed by atoms with Gasteiger partial charge in [-0.3, -0.25) is 0 Å². The minimum absolute atomic E-state index is 0. The van der Waals surface area contributed by atoms with Crippen molar-refractivity contribution in [1.82, 2.24) is 4.98 Å². The molecule has 0 fully saturated rings. The number of aromatic nitrogens is 1. The second-order valence-corrected chi connectivity index (χ2v) is 11.1. The van der Waals surface area contributed by atoms with Crippen LogP contribution in [0.2, 0.25) is 0 Å². The van der Waals surface area contributed by atoms with E-state index < -0.39 is 0 Å². The molecule has 2 N–H and O–H groups in total. The molecule has 0 spiro atoms. The maximum Gasteiger partial charge on any atom is 0.0567 e. The minimum Gasteiger partial charge on any atom is -0.393 e. The first-order chi connectivity index (χ1) is 17.8. The number of fused-ring (bicyclic) bond motifs is 5. The van der Waals surface area contributed by atoms with E-state index in [-0.39, 0.29) is 32.3 Å². The predicted octanol–water partition coefficient (Wildman–Crippen LogP) is 7.66. The monoisotopic (exact) mass is 687 g/mol. The van der Waals surface area contributed by atoms with E-state index >= 15 is 0 Å². The Balaban J connectivity index is 0.000000248. The van der Waals surface area contributed by atoms with E-state index in [4.69, 9.17) is 4.98 Å². The standard InChI is InChI=1S/C23H16N.C11H24O2.Ir/c1-2-6-16(7-3-1)18-10-11-19-15-24-23-20-9-5-4-8-17(20)12-13-21(23)22(19)14-18;1-8(2)5-10(12)7-11(13)6-9(3)4;/h1-8,10-11,14-15H,12-13H2;8-13H,5-7H2,1-4H3;/q-1;;. The summed E-state index contributed by atoms with van der Waals surface area (Å²) in [4.78, 5) is 4.76. The molecule has 1 heterocycles. The van der Waals surface area contributed by atoms with Crippen LogP contribution in [-0.2, 0) is 32.9 Å². The fraction of sp³-hybridized carbons (Fsp3) is 0.382. The van der Waals surface area contributed by atoms with Crippen LogP contribution in [0.1, 0.15) is 58.1 Å². The number of aryl methyl sites for hydroxylation is 2. The topological polar surface area (TPSA) is 53.4 Å². The quantitative estimate of drug-likeness (QED) is 0.197. The molecule has 38 heavy (non-hydrogen) atoms. The van der Waals surface area contributed by atoms with Gasteiger partial charge in [0, 0.05) is 26.3 Å². The predicted molar refractivity (Wildman–Crippen MR) is 154 cm³/mol. The van der Waals surface area contributed by atoms with E-state index in [0.717, 1.165) is 31.4 Å². The van der Waals surface area contributed by atoms with Crippen LogP contribution in [0.25, 0.3) is 33.2 Å². The van der Waals surface area contributed by atoms with Crippen LogP contribution >= 0.6 is 0 Å². The summed E-state index contributed by atoms with van der Waals surface area (Å²) in [6.45, 7) is 8.33. The first-order valence-corrected chi connectivity index (χ1v) is 13.6. The first kappa shape index (κ1) is 30.2. The van der Waals surface area contributed by atoms with Crippen molar-refractivity contribution < 1.29 is 30.3 Å². The number of rotatable bonds is 7. The smallest absolute Gasteiger partial charge is 0.0567 e. The van der Waals surface area contributed by atoms with E-state index in [1.165, 1.54) is 38.6 Å². The van der Waals surface area contributed by atoms with Crippen LogP contribution < -0.4 is 0 Å². The van der Waals surface area contributed by atoms with Gasteiger partial charge in [-0.1, -0.05) is 82.1 Å². The van der Waals surface area contributed by atoms with Crippen molar-refractivity contribution in [2.24, 2.45) is 11.8 Å². The van der Waals surface area contributed by atoms with Crippen molar-refractivity contribution in [3.8, 4) is 22.4 Å². The van der Waals surface area contributed by atoms with E-state index in [2.05, 4.69) is 94.4 Å². The van der Waals surface area contributed by atoms with E-state index in [1.54, 1.807) is 0 Å². The molecule has 1 aliphatic carbocycles. The van der Waals surface area contributed by atoms with Crippen LogP contribution in [0.4, 0.5) is 0 Å². The van der Waals surface area contributed by atoms with Gasteiger partial charge in [0.2, 0.25) is 0 Å². The summed E-state index contributed by atoms with van der Waals surface area (Å²) in [6.07, 6.45) is 5.53. The number of hydrogen-bond acceptors (Lipinski definition) is 3. The third-order valence-corrected chi connectivity index (χ3v) is 6.96. The Labute approximate surface area is 241 Å². The van der Waals surface area contributed by atoms with Crippen molar-refractivity contribution in [3.63, 3.8) is 0 Å². The second kappa shape index (κ2) is 14.1. The van der Waals surface area contributed by atoms with Gasteiger partial charge in [0.05, 0.1) is 12.2 Å². The summed E-state index contributed by atoms with van der Waals surface area (Å²) in [5.41, 5.74) is 7.52. The molecule has 0 bridgehead atoms. The molecular formula is C34H40IrNO2-. The number of benzene rings is 3. The van der Waals surface area contributed by atoms with Crippen LogP contribution in [0.5, 0.6) is 0 Å². The molecule has 2 unspecified atom stereocenters. The van der Waals surface area contributed by atoms with Gasteiger partial charge in [0.15, 0.2) is 0 Å². The minimum atomic E-state index is -0.339. The number of aliphatic hydroxyl groups is 2. The van der Waals surface area contributed by atoms with Crippen LogP contribution in [0, 0.1) is 17.9 Å². The molecule has 0 amide bonds. The molecule has 3 nitrogen and oxygen atoms in total. The van der Waals surface area contributed by atoms with Gasteiger partial charge in [-0.25, -0.2) is 0 Å². The third-order valence-electron chi connectivity index (χ3n) is 6.96. The third kappa shape index (κ3) is 7.83. The van der Waals surface area contributed by atoms with E-state index in [0.29, 0.717) is 18.3 Å². The molecule has 5 rings (SSSR count). The van der Waals surface area contributed by atoms with Gasteiger partial charge in [0.1, 0.15) is 0 Å². The Morgan fingerprint density at radius 1 is 0.789 bits per heavy atom. The van der Waals surface area contributed by atoms with E-state index in [9.17, 15) is 10.2 Å². The first-order valence-electron chi connectivity index (χ1n) is 13.6. The Morgan fingerprint density at radius 3 is 2.13 bits per heavy atom. The normalized spacial score (nSPS) is 13.7. The van der Waals surface area contributed by atoms with Gasteiger partial charge in [-0.15, -0.1) is 35.4 Å². The summed E-state index contributed by atoms with van der Waals surface area (Å²) in [6, 6.07) is 26.9. The number of aliphatic hydroxyl groups excluding tert-OH is 2. The summed E-state index contributed by atoms with van der Waals surface area (Å²) in [5, 5.41) is 21.6. The summed E-state index contributed by atoms with van der Waals surface area (Å²) in [5.74, 6) is 1.00. The number of pyridine rings is 1. The zero-order valence-corrected chi connectivity index (χ0v) is 25.3. The Kier molecular flexibility index (Phi) is 11.2. The molecule has 4 heteroatoms. The van der Waals surface area contributed by atoms with Crippen LogP contribution in [0.15, 0.2) is 72.9 Å². The van der Waals surface area contributed by atoms with Gasteiger partial charge < -0.3 is 15.2 Å². The summed E-state index contributed by atoms with van der Waals surface area (Å²) < 4.78 is 0. The van der Waals surface area contributed by atoms with Crippen LogP contribution in [-0.4, -0.2) is 27.4 Å². The average molecular weight is 687 g/mol. The zero-order chi connectivity index (χ0) is 26.4. The van der Waals surface area contributed by atoms with Crippen molar-refractivity contribution in [1.29, 1.82) is 0 Å². The molecule has 2 atom stereocenters. The molecule has 1 aliphatic rings. The Bertz CT molecular complexity index is 1280. The molecular weight excluding hydrogens is 647 g/mol. The largest absolute Gasteiger partial charge is 0.393 e. The van der Waals surface area contributed by atoms with Gasteiger partial charge in [0.25, 0.3) is 0 Å². The molecule has 3 aromatic carbocycles. The zero-order valence-electron chi connectivity index (χ0n) is 22.9. The van der Waals surface area contributed by atoms with Crippen molar-refractivity contribution in [3.05, 3.63) is 90.1 Å². The summed E-state index contributed by atoms with van der Waals surface area (Å²) >= 11 is 0. The maximum atomic E-state index is 9.54. The van der Waals surface area contributed by atoms with Gasteiger partial charge in [-0.2, -0.15) is 0 Å². The second-order valence-electron chi connectivity index (χ2n) is 11.1. The average Bonchev–Trinajstić information content (AvgIpc) is 2.88. The van der Waals surface area contributed by atoms with Crippen LogP contribution in [0.3, 0.4) is 0 Å². The molecule has 203 valence electrons. The molecule has 4 aromatic rings. The molecule has 0 saturated heterocycles. The Morgan fingerprint density at radius 2 is 1.47 bits per heavy atom.